The standard InChI is InChI=1S/C15H28N9.BrH/c16-4-1-9-24(10-2-5-17)11-7-19-15(24)22-21-13-12-20-23-8-3-6-18-14(13)23;/h7,11-12,15,18-19H,1-6,8-10,16-17H2;1H/q+1;/p-1. The third-order valence-corrected chi connectivity index (χ3v) is 4.60. The number of hydrogen-bond donors (Lipinski definition) is 4. The van der Waals surface area contributed by atoms with Crippen LogP contribution in [0.2, 0.25) is 0 Å². The normalized spacial score (nSPS) is 20.8. The highest BCUT2D eigenvalue weighted by atomic mass is 79.9. The maximum Gasteiger partial charge on any atom is 0.283 e. The van der Waals surface area contributed by atoms with E-state index in [4.69, 9.17) is 11.5 Å². The fourth-order valence-corrected chi connectivity index (χ4v) is 3.27. The van der Waals surface area contributed by atoms with Gasteiger partial charge in [0.2, 0.25) is 0 Å². The van der Waals surface area contributed by atoms with Crippen molar-refractivity contribution in [1.29, 1.82) is 0 Å². The molecular formula is C15H28BrN9. The fourth-order valence-electron chi connectivity index (χ4n) is 3.27. The van der Waals surface area contributed by atoms with E-state index in [2.05, 4.69) is 32.2 Å². The molecule has 0 aliphatic carbocycles. The SMILES string of the molecule is NCCC[N+]1(CCCN)C=CNC1N=Nc1cnn2c1NCCC2.[Br-]. The molecule has 1 atom stereocenters. The van der Waals surface area contributed by atoms with Crippen molar-refractivity contribution in [2.75, 3.05) is 38.0 Å². The second kappa shape index (κ2) is 9.27. The Labute approximate surface area is 158 Å². The maximum atomic E-state index is 5.71. The summed E-state index contributed by atoms with van der Waals surface area (Å²) in [4.78, 5) is 0. The summed E-state index contributed by atoms with van der Waals surface area (Å²) in [5, 5.41) is 20.1. The Morgan fingerprint density at radius 3 is 2.76 bits per heavy atom. The van der Waals surface area contributed by atoms with Crippen molar-refractivity contribution in [3.05, 3.63) is 18.6 Å². The molecule has 6 N–H and O–H groups in total. The second-order valence-corrected chi connectivity index (χ2v) is 6.29. The minimum absolute atomic E-state index is 0. The van der Waals surface area contributed by atoms with Gasteiger partial charge in [-0.05, 0) is 19.5 Å². The first-order valence-corrected chi connectivity index (χ1v) is 8.70. The Hall–Kier alpha value is -1.49. The molecule has 0 radical (unpaired) electrons. The predicted octanol–water partition coefficient (Wildman–Crippen LogP) is -2.34. The summed E-state index contributed by atoms with van der Waals surface area (Å²) in [6, 6.07) is 0. The molecule has 0 amide bonds. The highest BCUT2D eigenvalue weighted by Crippen LogP contribution is 2.29. The Balaban J connectivity index is 0.00000225. The number of hydrogen-bond acceptors (Lipinski definition) is 7. The third kappa shape index (κ3) is 4.38. The number of quaternary nitrogens is 1. The number of anilines is 1. The fraction of sp³-hybridized carbons (Fsp3) is 0.667. The lowest BCUT2D eigenvalue weighted by molar-refractivity contribution is -0.900. The number of fused-ring (bicyclic) bond motifs is 1. The monoisotopic (exact) mass is 413 g/mol. The van der Waals surface area contributed by atoms with Gasteiger partial charge in [0.15, 0.2) is 5.82 Å². The molecule has 2 aliphatic rings. The zero-order valence-electron chi connectivity index (χ0n) is 14.4. The number of nitrogens with two attached hydrogens (primary N) is 2. The van der Waals surface area contributed by atoms with Crippen LogP contribution in [-0.4, -0.2) is 53.3 Å². The van der Waals surface area contributed by atoms with E-state index >= 15 is 0 Å². The number of aromatic nitrogens is 2. The van der Waals surface area contributed by atoms with Gasteiger partial charge in [-0.15, -0.1) is 10.2 Å². The van der Waals surface area contributed by atoms with E-state index in [1.165, 1.54) is 0 Å². The summed E-state index contributed by atoms with van der Waals surface area (Å²) in [5.41, 5.74) is 12.2. The molecule has 0 saturated heterocycles. The van der Waals surface area contributed by atoms with Gasteiger partial charge in [0.05, 0.1) is 25.5 Å². The largest absolute Gasteiger partial charge is 1.00 e. The molecule has 2 aliphatic heterocycles. The molecular weight excluding hydrogens is 386 g/mol. The number of rotatable bonds is 8. The molecule has 1 aromatic heterocycles. The molecule has 25 heavy (non-hydrogen) atoms. The molecule has 1 unspecified atom stereocenters. The number of nitrogens with zero attached hydrogens (tertiary/aromatic N) is 5. The molecule has 0 fully saturated rings. The van der Waals surface area contributed by atoms with Crippen molar-refractivity contribution in [3.8, 4) is 0 Å². The summed E-state index contributed by atoms with van der Waals surface area (Å²) in [6.45, 7) is 5.06. The molecule has 1 aromatic rings. The molecule has 3 heterocycles. The molecule has 10 heteroatoms. The van der Waals surface area contributed by atoms with Gasteiger partial charge in [-0.3, -0.25) is 4.48 Å². The molecule has 0 bridgehead atoms. The second-order valence-electron chi connectivity index (χ2n) is 6.29. The van der Waals surface area contributed by atoms with Crippen molar-refractivity contribution >= 4 is 11.5 Å². The zero-order chi connectivity index (χ0) is 16.8. The Morgan fingerprint density at radius 2 is 2.04 bits per heavy atom. The van der Waals surface area contributed by atoms with Crippen molar-refractivity contribution in [3.63, 3.8) is 0 Å². The van der Waals surface area contributed by atoms with Crippen LogP contribution >= 0.6 is 0 Å². The minimum atomic E-state index is -0.137. The van der Waals surface area contributed by atoms with Gasteiger partial charge < -0.3 is 39.1 Å². The lowest BCUT2D eigenvalue weighted by atomic mass is 10.2. The number of aryl methyl sites for hydroxylation is 1. The molecule has 140 valence electrons. The van der Waals surface area contributed by atoms with Crippen molar-refractivity contribution in [2.45, 2.75) is 32.1 Å². The van der Waals surface area contributed by atoms with E-state index < -0.39 is 0 Å². The summed E-state index contributed by atoms with van der Waals surface area (Å²) >= 11 is 0. The van der Waals surface area contributed by atoms with Crippen LogP contribution in [0.5, 0.6) is 0 Å². The van der Waals surface area contributed by atoms with Crippen molar-refractivity contribution in [1.82, 2.24) is 15.1 Å². The van der Waals surface area contributed by atoms with E-state index in [1.54, 1.807) is 6.20 Å². The summed E-state index contributed by atoms with van der Waals surface area (Å²) in [7, 11) is 0. The van der Waals surface area contributed by atoms with Crippen LogP contribution in [0.4, 0.5) is 11.5 Å². The molecule has 0 saturated carbocycles. The van der Waals surface area contributed by atoms with E-state index in [0.29, 0.717) is 17.6 Å². The minimum Gasteiger partial charge on any atom is -1.00 e. The average Bonchev–Trinajstić information content (AvgIpc) is 3.21. The van der Waals surface area contributed by atoms with Crippen LogP contribution < -0.4 is 39.1 Å². The smallest absolute Gasteiger partial charge is 0.283 e. The summed E-state index contributed by atoms with van der Waals surface area (Å²) in [5.74, 6) is 0.956. The van der Waals surface area contributed by atoms with E-state index in [1.807, 2.05) is 10.9 Å². The topological polar surface area (TPSA) is 119 Å². The first-order valence-electron chi connectivity index (χ1n) is 8.70. The zero-order valence-corrected chi connectivity index (χ0v) is 16.0. The predicted molar refractivity (Wildman–Crippen MR) is 93.3 cm³/mol. The maximum absolute atomic E-state index is 5.71. The van der Waals surface area contributed by atoms with Crippen LogP contribution in [0.25, 0.3) is 0 Å². The van der Waals surface area contributed by atoms with Gasteiger partial charge >= 0.3 is 0 Å². The average molecular weight is 414 g/mol. The van der Waals surface area contributed by atoms with Crippen LogP contribution in [0, 0.1) is 0 Å². The number of nitrogens with one attached hydrogen (secondary N) is 2. The molecule has 3 rings (SSSR count). The van der Waals surface area contributed by atoms with Gasteiger partial charge in [-0.1, -0.05) is 0 Å². The van der Waals surface area contributed by atoms with Gasteiger partial charge in [0.1, 0.15) is 11.9 Å². The molecule has 9 nitrogen and oxygen atoms in total. The highest BCUT2D eigenvalue weighted by molar-refractivity contribution is 5.60. The van der Waals surface area contributed by atoms with Crippen LogP contribution in [-0.2, 0) is 6.54 Å². The summed E-state index contributed by atoms with van der Waals surface area (Å²) < 4.78 is 2.65. The van der Waals surface area contributed by atoms with Crippen LogP contribution in [0.3, 0.4) is 0 Å². The Bertz CT molecular complexity index is 590. The van der Waals surface area contributed by atoms with Crippen LogP contribution in [0.15, 0.2) is 28.8 Å². The van der Waals surface area contributed by atoms with Gasteiger partial charge in [-0.25, -0.2) is 4.68 Å². The van der Waals surface area contributed by atoms with Crippen LogP contribution in [0.1, 0.15) is 19.3 Å². The van der Waals surface area contributed by atoms with E-state index in [0.717, 1.165) is 56.9 Å². The Morgan fingerprint density at radius 1 is 1.28 bits per heavy atom. The third-order valence-electron chi connectivity index (χ3n) is 4.60. The lowest BCUT2D eigenvalue weighted by Crippen LogP contribution is -3.00. The summed E-state index contributed by atoms with van der Waals surface area (Å²) in [6.07, 6.45) is 8.71. The molecule has 0 aromatic carbocycles. The van der Waals surface area contributed by atoms with Crippen molar-refractivity contribution < 1.29 is 21.5 Å². The van der Waals surface area contributed by atoms with E-state index in [9.17, 15) is 0 Å². The lowest BCUT2D eigenvalue weighted by Gasteiger charge is -2.34. The number of halogens is 1. The number of azo groups is 1. The van der Waals surface area contributed by atoms with Crippen molar-refractivity contribution in [2.24, 2.45) is 21.7 Å². The van der Waals surface area contributed by atoms with Gasteiger partial charge in [-0.2, -0.15) is 5.10 Å². The van der Waals surface area contributed by atoms with Gasteiger partial charge in [0, 0.05) is 25.9 Å². The van der Waals surface area contributed by atoms with E-state index in [-0.39, 0.29) is 23.3 Å². The highest BCUT2D eigenvalue weighted by Gasteiger charge is 2.38. The Kier molecular flexibility index (Phi) is 7.36. The first-order chi connectivity index (χ1) is 11.8. The quantitative estimate of drug-likeness (QED) is 0.281. The molecule has 0 spiro atoms. The first kappa shape index (κ1) is 19.8. The van der Waals surface area contributed by atoms with Gasteiger partial charge in [0.25, 0.3) is 6.29 Å².